The van der Waals surface area contributed by atoms with E-state index in [0.29, 0.717) is 29.8 Å². The number of rotatable bonds is 4. The number of ether oxygens (including phenoxy) is 2. The van der Waals surface area contributed by atoms with Crippen LogP contribution in [0.1, 0.15) is 5.56 Å². The standard InChI is InChI=1S/C18H15N3O3S/c22-16(11-12-6-7-14-15(10-12)24-9-8-23-14)19-18-21-20-17(25-18)13-4-2-1-3-5-13/h1-7,10H,8-9,11H2,(H,19,21,22). The van der Waals surface area contributed by atoms with Gasteiger partial charge in [0.1, 0.15) is 18.2 Å². The lowest BCUT2D eigenvalue weighted by molar-refractivity contribution is -0.115. The zero-order valence-electron chi connectivity index (χ0n) is 13.3. The molecule has 0 spiro atoms. The highest BCUT2D eigenvalue weighted by Gasteiger charge is 2.14. The Balaban J connectivity index is 1.42. The van der Waals surface area contributed by atoms with Gasteiger partial charge in [-0.2, -0.15) is 0 Å². The van der Waals surface area contributed by atoms with Crippen molar-refractivity contribution in [2.45, 2.75) is 6.42 Å². The smallest absolute Gasteiger partial charge is 0.230 e. The normalized spacial score (nSPS) is 12.6. The molecule has 1 aliphatic rings. The van der Waals surface area contributed by atoms with Crippen molar-refractivity contribution < 1.29 is 14.3 Å². The van der Waals surface area contributed by atoms with Gasteiger partial charge in [0.25, 0.3) is 0 Å². The Kier molecular flexibility index (Phi) is 4.30. The van der Waals surface area contributed by atoms with Gasteiger partial charge in [-0.05, 0) is 17.7 Å². The molecule has 2 aromatic carbocycles. The molecule has 2 heterocycles. The average Bonchev–Trinajstić information content (AvgIpc) is 3.10. The molecule has 1 N–H and O–H groups in total. The first-order chi connectivity index (χ1) is 12.3. The van der Waals surface area contributed by atoms with Crippen LogP contribution in [0.5, 0.6) is 11.5 Å². The molecule has 1 amide bonds. The summed E-state index contributed by atoms with van der Waals surface area (Å²) in [5.41, 5.74) is 1.84. The third kappa shape index (κ3) is 3.61. The molecule has 0 bridgehead atoms. The molecule has 0 aliphatic carbocycles. The van der Waals surface area contributed by atoms with Gasteiger partial charge in [-0.1, -0.05) is 47.7 Å². The van der Waals surface area contributed by atoms with E-state index < -0.39 is 0 Å². The Bertz CT molecular complexity index is 896. The fourth-order valence-electron chi connectivity index (χ4n) is 2.52. The fraction of sp³-hybridized carbons (Fsp3) is 0.167. The lowest BCUT2D eigenvalue weighted by Gasteiger charge is -2.18. The second kappa shape index (κ2) is 6.90. The van der Waals surface area contributed by atoms with Gasteiger partial charge in [0.05, 0.1) is 6.42 Å². The van der Waals surface area contributed by atoms with Crippen LogP contribution in [0.25, 0.3) is 10.6 Å². The lowest BCUT2D eigenvalue weighted by Crippen LogP contribution is -2.17. The van der Waals surface area contributed by atoms with Crippen molar-refractivity contribution in [3.63, 3.8) is 0 Å². The van der Waals surface area contributed by atoms with E-state index in [1.807, 2.05) is 48.5 Å². The molecule has 0 saturated heterocycles. The number of amides is 1. The maximum atomic E-state index is 12.3. The maximum absolute atomic E-state index is 12.3. The van der Waals surface area contributed by atoms with Gasteiger partial charge in [-0.3, -0.25) is 4.79 Å². The van der Waals surface area contributed by atoms with Crippen molar-refractivity contribution in [3.8, 4) is 22.1 Å². The van der Waals surface area contributed by atoms with Gasteiger partial charge in [0.2, 0.25) is 11.0 Å². The van der Waals surface area contributed by atoms with Crippen LogP contribution in [0.3, 0.4) is 0 Å². The summed E-state index contributed by atoms with van der Waals surface area (Å²) >= 11 is 1.35. The van der Waals surface area contributed by atoms with Gasteiger partial charge < -0.3 is 14.8 Å². The molecule has 6 nitrogen and oxygen atoms in total. The minimum absolute atomic E-state index is 0.146. The van der Waals surface area contributed by atoms with Crippen molar-refractivity contribution in [2.24, 2.45) is 0 Å². The number of aromatic nitrogens is 2. The number of hydrogen-bond donors (Lipinski definition) is 1. The molecule has 3 aromatic rings. The predicted molar refractivity (Wildman–Crippen MR) is 95.1 cm³/mol. The van der Waals surface area contributed by atoms with E-state index in [2.05, 4.69) is 15.5 Å². The second-order valence-corrected chi connectivity index (χ2v) is 6.46. The minimum atomic E-state index is -0.146. The first kappa shape index (κ1) is 15.6. The highest BCUT2D eigenvalue weighted by Crippen LogP contribution is 2.31. The first-order valence-corrected chi connectivity index (χ1v) is 8.67. The van der Waals surface area contributed by atoms with Crippen LogP contribution in [-0.2, 0) is 11.2 Å². The van der Waals surface area contributed by atoms with Crippen molar-refractivity contribution in [1.29, 1.82) is 0 Å². The summed E-state index contributed by atoms with van der Waals surface area (Å²) in [6.07, 6.45) is 0.233. The number of carbonyl (C=O) groups excluding carboxylic acids is 1. The van der Waals surface area contributed by atoms with E-state index >= 15 is 0 Å². The zero-order chi connectivity index (χ0) is 17.1. The Morgan fingerprint density at radius 3 is 2.68 bits per heavy atom. The highest BCUT2D eigenvalue weighted by atomic mass is 32.1. The molecular formula is C18H15N3O3S. The number of hydrogen-bond acceptors (Lipinski definition) is 6. The fourth-order valence-corrected chi connectivity index (χ4v) is 3.28. The van der Waals surface area contributed by atoms with Gasteiger partial charge in [0, 0.05) is 5.56 Å². The molecule has 4 rings (SSSR count). The van der Waals surface area contributed by atoms with Crippen LogP contribution in [0.15, 0.2) is 48.5 Å². The third-order valence-electron chi connectivity index (χ3n) is 3.66. The summed E-state index contributed by atoms with van der Waals surface area (Å²) in [6.45, 7) is 1.07. The molecule has 7 heteroatoms. The Hall–Kier alpha value is -2.93. The van der Waals surface area contributed by atoms with Crippen LogP contribution in [0.4, 0.5) is 5.13 Å². The molecule has 1 aliphatic heterocycles. The molecule has 1 aromatic heterocycles. The monoisotopic (exact) mass is 353 g/mol. The number of benzene rings is 2. The second-order valence-electron chi connectivity index (χ2n) is 5.48. The molecular weight excluding hydrogens is 338 g/mol. The van der Waals surface area contributed by atoms with Gasteiger partial charge in [0.15, 0.2) is 11.5 Å². The molecule has 0 saturated carbocycles. The molecule has 0 radical (unpaired) electrons. The average molecular weight is 353 g/mol. The summed E-state index contributed by atoms with van der Waals surface area (Å²) < 4.78 is 11.0. The first-order valence-electron chi connectivity index (χ1n) is 7.85. The van der Waals surface area contributed by atoms with Crippen LogP contribution in [-0.4, -0.2) is 29.3 Å². The largest absolute Gasteiger partial charge is 0.486 e. The van der Waals surface area contributed by atoms with Crippen molar-refractivity contribution in [1.82, 2.24) is 10.2 Å². The Morgan fingerprint density at radius 1 is 1.04 bits per heavy atom. The third-order valence-corrected chi connectivity index (χ3v) is 4.55. The van der Waals surface area contributed by atoms with E-state index in [9.17, 15) is 4.79 Å². The van der Waals surface area contributed by atoms with E-state index in [4.69, 9.17) is 9.47 Å². The van der Waals surface area contributed by atoms with Crippen LogP contribution < -0.4 is 14.8 Å². The van der Waals surface area contributed by atoms with Gasteiger partial charge >= 0.3 is 0 Å². The number of fused-ring (bicyclic) bond motifs is 1. The molecule has 0 fully saturated rings. The molecule has 25 heavy (non-hydrogen) atoms. The Morgan fingerprint density at radius 2 is 1.84 bits per heavy atom. The van der Waals surface area contributed by atoms with Crippen molar-refractivity contribution in [3.05, 3.63) is 54.1 Å². The van der Waals surface area contributed by atoms with Crippen molar-refractivity contribution >= 4 is 22.4 Å². The van der Waals surface area contributed by atoms with Gasteiger partial charge in [-0.25, -0.2) is 0 Å². The molecule has 0 atom stereocenters. The predicted octanol–water partition coefficient (Wildman–Crippen LogP) is 3.16. The summed E-state index contributed by atoms with van der Waals surface area (Å²) in [5, 5.41) is 12.2. The van der Waals surface area contributed by atoms with Crippen LogP contribution >= 0.6 is 11.3 Å². The Labute approximate surface area is 148 Å². The van der Waals surface area contributed by atoms with Gasteiger partial charge in [-0.15, -0.1) is 10.2 Å². The molecule has 126 valence electrons. The topological polar surface area (TPSA) is 73.3 Å². The number of anilines is 1. The minimum Gasteiger partial charge on any atom is -0.486 e. The van der Waals surface area contributed by atoms with E-state index in [-0.39, 0.29) is 12.3 Å². The van der Waals surface area contributed by atoms with E-state index in [0.717, 1.165) is 16.1 Å². The summed E-state index contributed by atoms with van der Waals surface area (Å²) in [7, 11) is 0. The van der Waals surface area contributed by atoms with E-state index in [1.165, 1.54) is 11.3 Å². The summed E-state index contributed by atoms with van der Waals surface area (Å²) in [4.78, 5) is 12.3. The quantitative estimate of drug-likeness (QED) is 0.780. The van der Waals surface area contributed by atoms with E-state index in [1.54, 1.807) is 0 Å². The van der Waals surface area contributed by atoms with Crippen molar-refractivity contribution in [2.75, 3.05) is 18.5 Å². The molecule has 0 unspecified atom stereocenters. The van der Waals surface area contributed by atoms with Crippen LogP contribution in [0.2, 0.25) is 0 Å². The number of carbonyl (C=O) groups is 1. The maximum Gasteiger partial charge on any atom is 0.230 e. The zero-order valence-corrected chi connectivity index (χ0v) is 14.1. The summed E-state index contributed by atoms with van der Waals surface area (Å²) in [5.74, 6) is 1.25. The SMILES string of the molecule is O=C(Cc1ccc2c(c1)OCCO2)Nc1nnc(-c2ccccc2)s1. The summed E-state index contributed by atoms with van der Waals surface area (Å²) in [6, 6.07) is 15.3. The highest BCUT2D eigenvalue weighted by molar-refractivity contribution is 7.18. The number of nitrogens with one attached hydrogen (secondary N) is 1. The number of nitrogens with zero attached hydrogens (tertiary/aromatic N) is 2. The lowest BCUT2D eigenvalue weighted by atomic mass is 10.1. The van der Waals surface area contributed by atoms with Crippen LogP contribution in [0, 0.1) is 0 Å².